The van der Waals surface area contributed by atoms with Crippen molar-refractivity contribution in [2.45, 2.75) is 27.1 Å². The van der Waals surface area contributed by atoms with Gasteiger partial charge in [-0.15, -0.1) is 0 Å². The van der Waals surface area contributed by atoms with Gasteiger partial charge in [-0.05, 0) is 0 Å². The second kappa shape index (κ2) is 4.58. The molecule has 0 rings (SSSR count). The van der Waals surface area contributed by atoms with Crippen molar-refractivity contribution in [2.24, 2.45) is 11.7 Å². The van der Waals surface area contributed by atoms with Crippen molar-refractivity contribution in [1.29, 1.82) is 0 Å². The van der Waals surface area contributed by atoms with E-state index in [0.717, 1.165) is 0 Å². The Morgan fingerprint density at radius 3 is 2.00 bits per heavy atom. The van der Waals surface area contributed by atoms with E-state index in [1.54, 1.807) is 13.8 Å². The highest BCUT2D eigenvalue weighted by atomic mass is 16.7. The van der Waals surface area contributed by atoms with Gasteiger partial charge in [-0.3, -0.25) is 4.79 Å². The predicted octanol–water partition coefficient (Wildman–Crippen LogP) is 0.627. The molecule has 0 saturated carbocycles. The first kappa shape index (κ1) is 10.7. The average Bonchev–Trinajstić information content (AvgIpc) is 1.84. The molecule has 0 spiro atoms. The van der Waals surface area contributed by atoms with Crippen molar-refractivity contribution in [1.82, 2.24) is 0 Å². The summed E-state index contributed by atoms with van der Waals surface area (Å²) in [7, 11) is 0. The number of carbonyl (C=O) groups excluding carboxylic acids is 2. The minimum atomic E-state index is -0.959. The highest BCUT2D eigenvalue weighted by molar-refractivity contribution is 5.72. The average molecular weight is 175 g/mol. The van der Waals surface area contributed by atoms with E-state index in [1.165, 1.54) is 6.92 Å². The lowest BCUT2D eigenvalue weighted by atomic mass is 10.2. The SMILES string of the molecule is CC(C)C(=O)O[C@@H](C)OC(N)=O. The van der Waals surface area contributed by atoms with Gasteiger partial charge in [0.25, 0.3) is 0 Å². The van der Waals surface area contributed by atoms with Crippen LogP contribution < -0.4 is 5.73 Å². The summed E-state index contributed by atoms with van der Waals surface area (Å²) in [6, 6.07) is 0. The van der Waals surface area contributed by atoms with Gasteiger partial charge in [0.15, 0.2) is 0 Å². The van der Waals surface area contributed by atoms with Crippen LogP contribution in [-0.4, -0.2) is 18.4 Å². The van der Waals surface area contributed by atoms with E-state index in [9.17, 15) is 9.59 Å². The van der Waals surface area contributed by atoms with Gasteiger partial charge in [0.05, 0.1) is 5.92 Å². The molecule has 0 aliphatic heterocycles. The molecular formula is C7H13NO4. The molecule has 70 valence electrons. The Morgan fingerprint density at radius 1 is 1.17 bits per heavy atom. The Kier molecular flexibility index (Phi) is 4.10. The van der Waals surface area contributed by atoms with E-state index in [1.807, 2.05) is 0 Å². The molecule has 0 radical (unpaired) electrons. The maximum Gasteiger partial charge on any atom is 0.407 e. The normalized spacial score (nSPS) is 12.3. The number of esters is 1. The fourth-order valence-electron chi connectivity index (χ4n) is 0.487. The van der Waals surface area contributed by atoms with Crippen molar-refractivity contribution in [3.8, 4) is 0 Å². The van der Waals surface area contributed by atoms with Crippen molar-refractivity contribution < 1.29 is 19.1 Å². The van der Waals surface area contributed by atoms with Crippen molar-refractivity contribution in [3.05, 3.63) is 0 Å². The lowest BCUT2D eigenvalue weighted by molar-refractivity contribution is -0.168. The van der Waals surface area contributed by atoms with Crippen LogP contribution in [0.5, 0.6) is 0 Å². The molecule has 0 aromatic rings. The minimum Gasteiger partial charge on any atom is -0.425 e. The van der Waals surface area contributed by atoms with Crippen molar-refractivity contribution in [3.63, 3.8) is 0 Å². The summed E-state index contributed by atoms with van der Waals surface area (Å²) in [6.45, 7) is 4.78. The number of rotatable bonds is 3. The smallest absolute Gasteiger partial charge is 0.407 e. The van der Waals surface area contributed by atoms with Gasteiger partial charge in [0.1, 0.15) is 0 Å². The summed E-state index contributed by atoms with van der Waals surface area (Å²) in [5.41, 5.74) is 4.69. The Bertz CT molecular complexity index is 178. The van der Waals surface area contributed by atoms with Crippen LogP contribution in [0.2, 0.25) is 0 Å². The molecule has 12 heavy (non-hydrogen) atoms. The van der Waals surface area contributed by atoms with Crippen LogP contribution in [-0.2, 0) is 14.3 Å². The second-order valence-corrected chi connectivity index (χ2v) is 2.60. The van der Waals surface area contributed by atoms with Crippen LogP contribution >= 0.6 is 0 Å². The first-order valence-electron chi connectivity index (χ1n) is 3.60. The number of hydrogen-bond donors (Lipinski definition) is 1. The largest absolute Gasteiger partial charge is 0.425 e. The molecule has 0 fully saturated rings. The van der Waals surface area contributed by atoms with E-state index >= 15 is 0 Å². The van der Waals surface area contributed by atoms with Gasteiger partial charge < -0.3 is 15.2 Å². The van der Waals surface area contributed by atoms with E-state index in [4.69, 9.17) is 5.73 Å². The first-order valence-corrected chi connectivity index (χ1v) is 3.60. The molecule has 0 heterocycles. The lowest BCUT2D eigenvalue weighted by Gasteiger charge is -2.13. The monoisotopic (exact) mass is 175 g/mol. The lowest BCUT2D eigenvalue weighted by Crippen LogP contribution is -2.26. The summed E-state index contributed by atoms with van der Waals surface area (Å²) in [5.74, 6) is -0.673. The molecule has 0 unspecified atom stereocenters. The fraction of sp³-hybridized carbons (Fsp3) is 0.714. The molecule has 0 saturated heterocycles. The second-order valence-electron chi connectivity index (χ2n) is 2.60. The Morgan fingerprint density at radius 2 is 1.67 bits per heavy atom. The third-order valence-corrected chi connectivity index (χ3v) is 1.04. The molecule has 0 aliphatic carbocycles. The zero-order valence-corrected chi connectivity index (χ0v) is 7.37. The molecule has 0 aromatic carbocycles. The van der Waals surface area contributed by atoms with Crippen molar-refractivity contribution >= 4 is 12.1 Å². The van der Waals surface area contributed by atoms with E-state index < -0.39 is 18.4 Å². The van der Waals surface area contributed by atoms with Gasteiger partial charge >= 0.3 is 12.1 Å². The zero-order chi connectivity index (χ0) is 9.72. The molecular weight excluding hydrogens is 162 g/mol. The number of ether oxygens (including phenoxy) is 2. The summed E-state index contributed by atoms with van der Waals surface area (Å²) in [5, 5.41) is 0. The summed E-state index contributed by atoms with van der Waals surface area (Å²) in [6.07, 6.45) is -1.88. The summed E-state index contributed by atoms with van der Waals surface area (Å²) in [4.78, 5) is 21.1. The first-order chi connectivity index (χ1) is 5.43. The standard InChI is InChI=1S/C7H13NO4/c1-4(2)6(9)11-5(3)12-7(8)10/h4-5H,1-3H3,(H2,8,10)/t5-/m1/s1. The maximum absolute atomic E-state index is 10.9. The summed E-state index contributed by atoms with van der Waals surface area (Å²) >= 11 is 0. The molecule has 0 bridgehead atoms. The van der Waals surface area contributed by atoms with Crippen LogP contribution in [0.3, 0.4) is 0 Å². The third kappa shape index (κ3) is 4.54. The minimum absolute atomic E-state index is 0.246. The Balaban J connectivity index is 3.76. The van der Waals surface area contributed by atoms with Gasteiger partial charge in [-0.2, -0.15) is 0 Å². The fourth-order valence-corrected chi connectivity index (χ4v) is 0.487. The van der Waals surface area contributed by atoms with Crippen LogP contribution in [0.25, 0.3) is 0 Å². The molecule has 0 aromatic heterocycles. The van der Waals surface area contributed by atoms with E-state index in [0.29, 0.717) is 0 Å². The topological polar surface area (TPSA) is 78.6 Å². The van der Waals surface area contributed by atoms with Crippen LogP contribution in [0.1, 0.15) is 20.8 Å². The number of hydrogen-bond acceptors (Lipinski definition) is 4. The van der Waals surface area contributed by atoms with E-state index in [2.05, 4.69) is 9.47 Å². The number of carbonyl (C=O) groups is 2. The van der Waals surface area contributed by atoms with Crippen LogP contribution in [0.15, 0.2) is 0 Å². The molecule has 1 atom stereocenters. The predicted molar refractivity (Wildman–Crippen MR) is 41.1 cm³/mol. The molecule has 2 N–H and O–H groups in total. The highest BCUT2D eigenvalue weighted by Gasteiger charge is 2.14. The van der Waals surface area contributed by atoms with Crippen LogP contribution in [0, 0.1) is 5.92 Å². The highest BCUT2D eigenvalue weighted by Crippen LogP contribution is 2.01. The van der Waals surface area contributed by atoms with Crippen LogP contribution in [0.4, 0.5) is 4.79 Å². The molecule has 5 heteroatoms. The van der Waals surface area contributed by atoms with Gasteiger partial charge in [-0.25, -0.2) is 4.79 Å². The molecule has 1 amide bonds. The zero-order valence-electron chi connectivity index (χ0n) is 7.37. The van der Waals surface area contributed by atoms with Gasteiger partial charge in [0.2, 0.25) is 6.29 Å². The maximum atomic E-state index is 10.9. The number of nitrogens with two attached hydrogens (primary N) is 1. The molecule has 0 aliphatic rings. The quantitative estimate of drug-likeness (QED) is 0.504. The third-order valence-electron chi connectivity index (χ3n) is 1.04. The van der Waals surface area contributed by atoms with Gasteiger partial charge in [-0.1, -0.05) is 13.8 Å². The Hall–Kier alpha value is -1.26. The molecule has 5 nitrogen and oxygen atoms in total. The van der Waals surface area contributed by atoms with Gasteiger partial charge in [0, 0.05) is 6.92 Å². The Labute approximate surface area is 70.8 Å². The number of primary amides is 1. The van der Waals surface area contributed by atoms with Crippen molar-refractivity contribution in [2.75, 3.05) is 0 Å². The van der Waals surface area contributed by atoms with E-state index in [-0.39, 0.29) is 5.92 Å². The number of amides is 1. The summed E-state index contributed by atoms with van der Waals surface area (Å²) < 4.78 is 9.03.